The van der Waals surface area contributed by atoms with Gasteiger partial charge >= 0.3 is 0 Å². The van der Waals surface area contributed by atoms with Crippen LogP contribution in [-0.4, -0.2) is 28.0 Å². The standard InChI is InChI=1S/C14H19BrN6/c1-3-21(4-2)14-19-12(16)18-13(20-14)17-9-10-6-5-7-11(15)8-10/h5-8H,3-4,9H2,1-2H3,(H3,16,17,18,19,20). The highest BCUT2D eigenvalue weighted by molar-refractivity contribution is 9.10. The number of rotatable bonds is 6. The maximum Gasteiger partial charge on any atom is 0.231 e. The fourth-order valence-corrected chi connectivity index (χ4v) is 2.38. The Morgan fingerprint density at radius 1 is 1.19 bits per heavy atom. The molecule has 2 aromatic rings. The van der Waals surface area contributed by atoms with Crippen molar-refractivity contribution in [1.82, 2.24) is 15.0 Å². The lowest BCUT2D eigenvalue weighted by molar-refractivity contribution is 0.814. The van der Waals surface area contributed by atoms with Crippen molar-refractivity contribution in [3.05, 3.63) is 34.3 Å². The van der Waals surface area contributed by atoms with Gasteiger partial charge in [0.1, 0.15) is 0 Å². The zero-order valence-electron chi connectivity index (χ0n) is 12.2. The SMILES string of the molecule is CCN(CC)c1nc(N)nc(NCc2cccc(Br)c2)n1. The van der Waals surface area contributed by atoms with E-state index in [-0.39, 0.29) is 5.95 Å². The maximum absolute atomic E-state index is 5.76. The molecule has 0 fully saturated rings. The monoisotopic (exact) mass is 350 g/mol. The molecule has 0 spiro atoms. The molecule has 0 bridgehead atoms. The lowest BCUT2D eigenvalue weighted by atomic mass is 10.2. The van der Waals surface area contributed by atoms with E-state index < -0.39 is 0 Å². The first-order valence-electron chi connectivity index (χ1n) is 6.87. The van der Waals surface area contributed by atoms with Crippen LogP contribution in [0, 0.1) is 0 Å². The quantitative estimate of drug-likeness (QED) is 0.833. The Bertz CT molecular complexity index is 600. The minimum atomic E-state index is 0.226. The third-order valence-corrected chi connectivity index (χ3v) is 3.52. The van der Waals surface area contributed by atoms with Crippen molar-refractivity contribution in [3.8, 4) is 0 Å². The minimum Gasteiger partial charge on any atom is -0.368 e. The minimum absolute atomic E-state index is 0.226. The first kappa shape index (κ1) is 15.5. The number of nitrogens with one attached hydrogen (secondary N) is 1. The van der Waals surface area contributed by atoms with E-state index in [4.69, 9.17) is 5.73 Å². The van der Waals surface area contributed by atoms with Gasteiger partial charge in [-0.2, -0.15) is 15.0 Å². The van der Waals surface area contributed by atoms with Crippen LogP contribution in [0.15, 0.2) is 28.7 Å². The molecule has 21 heavy (non-hydrogen) atoms. The Morgan fingerprint density at radius 3 is 2.62 bits per heavy atom. The largest absolute Gasteiger partial charge is 0.368 e. The second-order valence-electron chi connectivity index (χ2n) is 4.47. The average Bonchev–Trinajstić information content (AvgIpc) is 2.46. The van der Waals surface area contributed by atoms with Crippen LogP contribution in [-0.2, 0) is 6.54 Å². The summed E-state index contributed by atoms with van der Waals surface area (Å²) in [6.07, 6.45) is 0. The Kier molecular flexibility index (Phi) is 5.32. The molecule has 7 heteroatoms. The highest BCUT2D eigenvalue weighted by Gasteiger charge is 2.09. The van der Waals surface area contributed by atoms with Gasteiger partial charge in [-0.3, -0.25) is 0 Å². The fourth-order valence-electron chi connectivity index (χ4n) is 1.94. The number of aromatic nitrogens is 3. The van der Waals surface area contributed by atoms with Crippen molar-refractivity contribution < 1.29 is 0 Å². The van der Waals surface area contributed by atoms with Crippen LogP contribution in [0.4, 0.5) is 17.8 Å². The molecule has 0 amide bonds. The number of hydrogen-bond donors (Lipinski definition) is 2. The second-order valence-corrected chi connectivity index (χ2v) is 5.39. The van der Waals surface area contributed by atoms with Gasteiger partial charge in [0, 0.05) is 24.1 Å². The molecule has 0 unspecified atom stereocenters. The Hall–Kier alpha value is -1.89. The smallest absolute Gasteiger partial charge is 0.231 e. The molecular formula is C14H19BrN6. The van der Waals surface area contributed by atoms with Crippen LogP contribution in [0.2, 0.25) is 0 Å². The summed E-state index contributed by atoms with van der Waals surface area (Å²) in [5.74, 6) is 1.32. The number of nitrogens with two attached hydrogens (primary N) is 1. The number of nitrogens with zero attached hydrogens (tertiary/aromatic N) is 4. The van der Waals surface area contributed by atoms with E-state index in [0.29, 0.717) is 18.4 Å². The van der Waals surface area contributed by atoms with Crippen LogP contribution < -0.4 is 16.0 Å². The molecular weight excluding hydrogens is 332 g/mol. The number of anilines is 3. The molecule has 3 N–H and O–H groups in total. The highest BCUT2D eigenvalue weighted by Crippen LogP contribution is 2.14. The van der Waals surface area contributed by atoms with Gasteiger partial charge in [-0.1, -0.05) is 28.1 Å². The molecule has 0 atom stereocenters. The molecule has 0 aliphatic rings. The van der Waals surface area contributed by atoms with Crippen LogP contribution in [0.25, 0.3) is 0 Å². The van der Waals surface area contributed by atoms with E-state index in [2.05, 4.69) is 50.0 Å². The summed E-state index contributed by atoms with van der Waals surface area (Å²) < 4.78 is 1.04. The number of nitrogen functional groups attached to an aromatic ring is 1. The number of hydrogen-bond acceptors (Lipinski definition) is 6. The van der Waals surface area contributed by atoms with Crippen molar-refractivity contribution in [2.45, 2.75) is 20.4 Å². The predicted molar refractivity (Wildman–Crippen MR) is 89.3 cm³/mol. The molecule has 1 aromatic carbocycles. The van der Waals surface area contributed by atoms with Gasteiger partial charge in [-0.05, 0) is 31.5 Å². The van der Waals surface area contributed by atoms with E-state index in [1.807, 2.05) is 29.2 Å². The first-order valence-corrected chi connectivity index (χ1v) is 7.66. The van der Waals surface area contributed by atoms with Crippen LogP contribution >= 0.6 is 15.9 Å². The van der Waals surface area contributed by atoms with Gasteiger partial charge in [0.25, 0.3) is 0 Å². The lowest BCUT2D eigenvalue weighted by Gasteiger charge is -2.19. The highest BCUT2D eigenvalue weighted by atomic mass is 79.9. The van der Waals surface area contributed by atoms with Crippen LogP contribution in [0.1, 0.15) is 19.4 Å². The molecule has 0 aliphatic heterocycles. The van der Waals surface area contributed by atoms with Gasteiger partial charge in [0.15, 0.2) is 0 Å². The van der Waals surface area contributed by atoms with Crippen molar-refractivity contribution in [3.63, 3.8) is 0 Å². The van der Waals surface area contributed by atoms with Crippen LogP contribution in [0.5, 0.6) is 0 Å². The summed E-state index contributed by atoms with van der Waals surface area (Å²) in [5, 5.41) is 3.18. The number of benzene rings is 1. The predicted octanol–water partition coefficient (Wildman–Crippen LogP) is 2.67. The van der Waals surface area contributed by atoms with E-state index in [0.717, 1.165) is 23.1 Å². The van der Waals surface area contributed by atoms with Crippen molar-refractivity contribution in [2.24, 2.45) is 0 Å². The molecule has 1 aromatic heterocycles. The topological polar surface area (TPSA) is 80.0 Å². The zero-order chi connectivity index (χ0) is 15.2. The second kappa shape index (κ2) is 7.21. The van der Waals surface area contributed by atoms with E-state index in [9.17, 15) is 0 Å². The Labute approximate surface area is 132 Å². The normalized spacial score (nSPS) is 10.4. The maximum atomic E-state index is 5.76. The van der Waals surface area contributed by atoms with Crippen LogP contribution in [0.3, 0.4) is 0 Å². The van der Waals surface area contributed by atoms with E-state index in [1.54, 1.807) is 0 Å². The molecule has 0 radical (unpaired) electrons. The molecule has 0 saturated carbocycles. The molecule has 2 rings (SSSR count). The summed E-state index contributed by atoms with van der Waals surface area (Å²) in [5.41, 5.74) is 6.90. The summed E-state index contributed by atoms with van der Waals surface area (Å²) in [6.45, 7) is 6.38. The van der Waals surface area contributed by atoms with Gasteiger partial charge in [-0.15, -0.1) is 0 Å². The van der Waals surface area contributed by atoms with Crippen molar-refractivity contribution in [1.29, 1.82) is 0 Å². The Balaban J connectivity index is 2.13. The fraction of sp³-hybridized carbons (Fsp3) is 0.357. The van der Waals surface area contributed by atoms with Gasteiger partial charge in [-0.25, -0.2) is 0 Å². The summed E-state index contributed by atoms with van der Waals surface area (Å²) >= 11 is 3.45. The van der Waals surface area contributed by atoms with E-state index in [1.165, 1.54) is 0 Å². The lowest BCUT2D eigenvalue weighted by Crippen LogP contribution is -2.25. The summed E-state index contributed by atoms with van der Waals surface area (Å²) in [6, 6.07) is 8.06. The molecule has 1 heterocycles. The third kappa shape index (κ3) is 4.29. The third-order valence-electron chi connectivity index (χ3n) is 3.03. The van der Waals surface area contributed by atoms with Gasteiger partial charge in [0.05, 0.1) is 0 Å². The molecule has 6 nitrogen and oxygen atoms in total. The van der Waals surface area contributed by atoms with E-state index >= 15 is 0 Å². The molecule has 112 valence electrons. The zero-order valence-corrected chi connectivity index (χ0v) is 13.8. The summed E-state index contributed by atoms with van der Waals surface area (Å²) in [4.78, 5) is 14.8. The molecule has 0 aliphatic carbocycles. The number of halogens is 1. The van der Waals surface area contributed by atoms with Crippen molar-refractivity contribution in [2.75, 3.05) is 29.0 Å². The van der Waals surface area contributed by atoms with Crippen molar-refractivity contribution >= 4 is 33.8 Å². The molecule has 0 saturated heterocycles. The summed E-state index contributed by atoms with van der Waals surface area (Å²) in [7, 11) is 0. The first-order chi connectivity index (χ1) is 10.1. The Morgan fingerprint density at radius 2 is 1.95 bits per heavy atom. The van der Waals surface area contributed by atoms with Gasteiger partial charge in [0.2, 0.25) is 17.8 Å². The average molecular weight is 351 g/mol. The van der Waals surface area contributed by atoms with Gasteiger partial charge < -0.3 is 16.0 Å².